The van der Waals surface area contributed by atoms with Crippen molar-refractivity contribution in [3.8, 4) is 78.7 Å². The van der Waals surface area contributed by atoms with Crippen molar-refractivity contribution in [2.24, 2.45) is 0 Å². The summed E-state index contributed by atoms with van der Waals surface area (Å²) in [7, 11) is 0. The molecule has 0 bridgehead atoms. The van der Waals surface area contributed by atoms with E-state index in [9.17, 15) is 0 Å². The Morgan fingerprint density at radius 3 is 1.16 bits per heavy atom. The van der Waals surface area contributed by atoms with Crippen LogP contribution in [-0.2, 0) is 5.41 Å². The highest BCUT2D eigenvalue weighted by atomic mass is 15.0. The van der Waals surface area contributed by atoms with E-state index in [0.717, 1.165) is 38.9 Å². The van der Waals surface area contributed by atoms with Crippen LogP contribution in [0, 0.1) is 0 Å². The molecule has 55 heavy (non-hydrogen) atoms. The molecule has 0 unspecified atom stereocenters. The van der Waals surface area contributed by atoms with Crippen molar-refractivity contribution in [3.63, 3.8) is 0 Å². The summed E-state index contributed by atoms with van der Waals surface area (Å²) in [5.74, 6) is 1.93. The molecule has 0 N–H and O–H groups in total. The lowest BCUT2D eigenvalue weighted by molar-refractivity contribution is 0.794. The second-order valence-corrected chi connectivity index (χ2v) is 14.3. The van der Waals surface area contributed by atoms with E-state index < -0.39 is 5.41 Å². The molecule has 0 aliphatic heterocycles. The maximum absolute atomic E-state index is 5.35. The van der Waals surface area contributed by atoms with Crippen LogP contribution in [0.1, 0.15) is 22.3 Å². The zero-order valence-corrected chi connectivity index (χ0v) is 29.9. The van der Waals surface area contributed by atoms with E-state index in [2.05, 4.69) is 188 Å². The topological polar surface area (TPSA) is 38.7 Å². The number of nitrogens with zero attached hydrogens (tertiary/aromatic N) is 3. The van der Waals surface area contributed by atoms with Crippen LogP contribution < -0.4 is 0 Å². The second kappa shape index (κ2) is 12.4. The summed E-state index contributed by atoms with van der Waals surface area (Å²) in [4.78, 5) is 15.9. The first-order valence-corrected chi connectivity index (χ1v) is 18.8. The molecular formula is C52H33N3. The summed E-state index contributed by atoms with van der Waals surface area (Å²) in [6.07, 6.45) is 0. The Hall–Kier alpha value is -7.23. The predicted molar refractivity (Wildman–Crippen MR) is 223 cm³/mol. The lowest BCUT2D eigenvalue weighted by Gasteiger charge is -2.30. The molecule has 0 saturated carbocycles. The summed E-state index contributed by atoms with van der Waals surface area (Å²) in [6, 6.07) is 71.4. The highest BCUT2D eigenvalue weighted by Gasteiger charge is 2.52. The van der Waals surface area contributed by atoms with Gasteiger partial charge in [-0.05, 0) is 78.9 Å². The van der Waals surface area contributed by atoms with Crippen molar-refractivity contribution in [2.45, 2.75) is 5.41 Å². The number of fused-ring (bicyclic) bond motifs is 10. The van der Waals surface area contributed by atoms with Crippen LogP contribution in [0.15, 0.2) is 200 Å². The van der Waals surface area contributed by atoms with Crippen molar-refractivity contribution in [1.29, 1.82) is 0 Å². The van der Waals surface area contributed by atoms with Crippen molar-refractivity contribution < 1.29 is 0 Å². The minimum absolute atomic E-state index is 0.457. The van der Waals surface area contributed by atoms with Gasteiger partial charge in [-0.2, -0.15) is 0 Å². The lowest BCUT2D eigenvalue weighted by atomic mass is 9.70. The number of hydrogen-bond donors (Lipinski definition) is 0. The van der Waals surface area contributed by atoms with Gasteiger partial charge < -0.3 is 0 Å². The van der Waals surface area contributed by atoms with Gasteiger partial charge in [0.1, 0.15) is 0 Å². The maximum atomic E-state index is 5.35. The molecule has 2 aliphatic carbocycles. The van der Waals surface area contributed by atoms with Crippen molar-refractivity contribution >= 4 is 0 Å². The van der Waals surface area contributed by atoms with Crippen LogP contribution in [0.3, 0.4) is 0 Å². The molecule has 2 aliphatic rings. The lowest BCUT2D eigenvalue weighted by Crippen LogP contribution is -2.25. The quantitative estimate of drug-likeness (QED) is 0.179. The Bertz CT molecular complexity index is 2780. The third-order valence-corrected chi connectivity index (χ3v) is 11.4. The van der Waals surface area contributed by atoms with Crippen LogP contribution in [-0.4, -0.2) is 15.0 Å². The SMILES string of the molecule is c1ccc(-c2cccc(-c3nc(-c4cccc(-c5ccccc5)c4)nc(-c4cccc5c4-c4ccccc4C54c5ccccc5-c5ccccc54)n3)c2)cc1. The van der Waals surface area contributed by atoms with Gasteiger partial charge in [0.15, 0.2) is 17.5 Å². The molecule has 11 rings (SSSR count). The fourth-order valence-corrected chi connectivity index (χ4v) is 9.02. The van der Waals surface area contributed by atoms with Gasteiger partial charge in [0.2, 0.25) is 0 Å². The molecular weight excluding hydrogens is 667 g/mol. The highest BCUT2D eigenvalue weighted by molar-refractivity contribution is 5.99. The molecule has 256 valence electrons. The minimum Gasteiger partial charge on any atom is -0.208 e. The Morgan fingerprint density at radius 1 is 0.255 bits per heavy atom. The molecule has 1 spiro atoms. The molecule has 0 saturated heterocycles. The first-order valence-electron chi connectivity index (χ1n) is 18.8. The van der Waals surface area contributed by atoms with Gasteiger partial charge in [0.05, 0.1) is 5.41 Å². The molecule has 0 radical (unpaired) electrons. The monoisotopic (exact) mass is 699 g/mol. The van der Waals surface area contributed by atoms with Gasteiger partial charge in [-0.15, -0.1) is 0 Å². The molecule has 3 nitrogen and oxygen atoms in total. The zero-order valence-electron chi connectivity index (χ0n) is 29.9. The van der Waals surface area contributed by atoms with E-state index in [4.69, 9.17) is 15.0 Å². The molecule has 9 aromatic rings. The van der Waals surface area contributed by atoms with E-state index in [0.29, 0.717) is 17.5 Å². The van der Waals surface area contributed by atoms with E-state index in [-0.39, 0.29) is 0 Å². The molecule has 1 aromatic heterocycles. The largest absolute Gasteiger partial charge is 0.208 e. The van der Waals surface area contributed by atoms with Crippen LogP contribution in [0.25, 0.3) is 78.7 Å². The molecule has 0 amide bonds. The summed E-state index contributed by atoms with van der Waals surface area (Å²) < 4.78 is 0. The third-order valence-electron chi connectivity index (χ3n) is 11.4. The van der Waals surface area contributed by atoms with E-state index >= 15 is 0 Å². The third kappa shape index (κ3) is 4.80. The predicted octanol–water partition coefficient (Wildman–Crippen LogP) is 12.6. The van der Waals surface area contributed by atoms with Gasteiger partial charge in [-0.3, -0.25) is 0 Å². The van der Waals surface area contributed by atoms with Crippen molar-refractivity contribution in [3.05, 3.63) is 222 Å². The van der Waals surface area contributed by atoms with Gasteiger partial charge in [-0.1, -0.05) is 188 Å². The number of rotatable bonds is 5. The fourth-order valence-electron chi connectivity index (χ4n) is 9.02. The van der Waals surface area contributed by atoms with Crippen LogP contribution in [0.4, 0.5) is 0 Å². The van der Waals surface area contributed by atoms with Crippen LogP contribution in [0.2, 0.25) is 0 Å². The smallest absolute Gasteiger partial charge is 0.164 e. The standard InChI is InChI=1S/C52H33N3/c1-3-16-34(17-4-1)36-20-13-22-38(32-36)49-53-50(39-23-14-21-37(33-39)35-18-5-2-6-19-35)55-51(54-49)43-27-15-31-47-48(43)42-26-9-12-30-46(42)52(47)44-28-10-7-24-40(44)41-25-8-11-29-45(41)52/h1-33H. The Labute approximate surface area is 320 Å². The number of aromatic nitrogens is 3. The summed E-state index contributed by atoms with van der Waals surface area (Å²) in [5, 5.41) is 0. The van der Waals surface area contributed by atoms with Crippen LogP contribution in [0.5, 0.6) is 0 Å². The normalized spacial score (nSPS) is 12.9. The number of benzene rings is 8. The maximum Gasteiger partial charge on any atom is 0.164 e. The highest BCUT2D eigenvalue weighted by Crippen LogP contribution is 2.63. The Balaban J connectivity index is 1.17. The van der Waals surface area contributed by atoms with Gasteiger partial charge >= 0.3 is 0 Å². The van der Waals surface area contributed by atoms with E-state index in [1.807, 2.05) is 12.1 Å². The first kappa shape index (κ1) is 31.3. The summed E-state index contributed by atoms with van der Waals surface area (Å²) in [5.41, 5.74) is 17.0. The Morgan fingerprint density at radius 2 is 0.618 bits per heavy atom. The summed E-state index contributed by atoms with van der Waals surface area (Å²) >= 11 is 0. The summed E-state index contributed by atoms with van der Waals surface area (Å²) in [6.45, 7) is 0. The second-order valence-electron chi connectivity index (χ2n) is 14.3. The zero-order chi connectivity index (χ0) is 36.3. The number of hydrogen-bond acceptors (Lipinski definition) is 3. The molecule has 0 atom stereocenters. The Kier molecular flexibility index (Phi) is 7.08. The van der Waals surface area contributed by atoms with E-state index in [1.165, 1.54) is 44.5 Å². The average molecular weight is 700 g/mol. The van der Waals surface area contributed by atoms with Crippen LogP contribution >= 0.6 is 0 Å². The van der Waals surface area contributed by atoms with Gasteiger partial charge in [0, 0.05) is 16.7 Å². The molecule has 0 fully saturated rings. The molecule has 8 aromatic carbocycles. The first-order chi connectivity index (χ1) is 27.3. The van der Waals surface area contributed by atoms with Crippen molar-refractivity contribution in [1.82, 2.24) is 15.0 Å². The van der Waals surface area contributed by atoms with E-state index in [1.54, 1.807) is 0 Å². The van der Waals surface area contributed by atoms with Gasteiger partial charge in [0.25, 0.3) is 0 Å². The fraction of sp³-hybridized carbons (Fsp3) is 0.0192. The molecule has 1 heterocycles. The molecule has 3 heteroatoms. The van der Waals surface area contributed by atoms with Crippen molar-refractivity contribution in [2.75, 3.05) is 0 Å². The average Bonchev–Trinajstić information content (AvgIpc) is 3.75. The minimum atomic E-state index is -0.457. The van der Waals surface area contributed by atoms with Gasteiger partial charge in [-0.25, -0.2) is 15.0 Å².